The smallest absolute Gasteiger partial charge is 0.0478 e. The maximum Gasteiger partial charge on any atom is 0.0478 e. The first-order valence-electron chi connectivity index (χ1n) is 5.16. The topological polar surface area (TPSA) is 30.9 Å². The summed E-state index contributed by atoms with van der Waals surface area (Å²) in [7, 11) is 2.07. The van der Waals surface area contributed by atoms with Crippen LogP contribution < -0.4 is 5.73 Å². The molecule has 1 heterocycles. The van der Waals surface area contributed by atoms with E-state index in [0.29, 0.717) is 5.92 Å². The molecule has 1 fully saturated rings. The van der Waals surface area contributed by atoms with Gasteiger partial charge in [0.15, 0.2) is 0 Å². The third kappa shape index (κ3) is 1.63. The van der Waals surface area contributed by atoms with Gasteiger partial charge in [0.05, 0.1) is 0 Å². The minimum atomic E-state index is 0.252. The highest BCUT2D eigenvalue weighted by atomic mass is 15.0. The van der Waals surface area contributed by atoms with E-state index in [1.54, 1.807) is 0 Å². The van der Waals surface area contributed by atoms with Crippen LogP contribution in [-0.2, 0) is 7.05 Å². The molecule has 2 heteroatoms. The van der Waals surface area contributed by atoms with Crippen LogP contribution in [0.1, 0.15) is 37.4 Å². The predicted octanol–water partition coefficient (Wildman–Crippen LogP) is 2.22. The zero-order valence-electron chi connectivity index (χ0n) is 8.24. The molecule has 2 nitrogen and oxygen atoms in total. The first-order chi connectivity index (χ1) is 6.29. The zero-order chi connectivity index (χ0) is 9.26. The first kappa shape index (κ1) is 8.82. The van der Waals surface area contributed by atoms with E-state index in [1.165, 1.54) is 31.4 Å². The summed E-state index contributed by atoms with van der Waals surface area (Å²) in [5, 5.41) is 0. The lowest BCUT2D eigenvalue weighted by molar-refractivity contribution is 0.428. The van der Waals surface area contributed by atoms with Crippen molar-refractivity contribution in [3.05, 3.63) is 24.0 Å². The van der Waals surface area contributed by atoms with Crippen LogP contribution >= 0.6 is 0 Å². The molecule has 0 unspecified atom stereocenters. The van der Waals surface area contributed by atoms with Gasteiger partial charge in [-0.15, -0.1) is 0 Å². The number of aryl methyl sites for hydroxylation is 1. The summed E-state index contributed by atoms with van der Waals surface area (Å²) in [4.78, 5) is 0. The highest BCUT2D eigenvalue weighted by Gasteiger charge is 2.24. The number of hydrogen-bond donors (Lipinski definition) is 1. The number of hydrogen-bond acceptors (Lipinski definition) is 1. The van der Waals surface area contributed by atoms with Gasteiger partial charge in [-0.05, 0) is 30.9 Å². The van der Waals surface area contributed by atoms with E-state index in [-0.39, 0.29) is 6.04 Å². The fraction of sp³-hybridized carbons (Fsp3) is 0.636. The molecular weight excluding hydrogens is 160 g/mol. The van der Waals surface area contributed by atoms with Crippen molar-refractivity contribution in [3.63, 3.8) is 0 Å². The standard InChI is InChI=1S/C11H18N2/c1-13-8-4-7-10(13)11(12)9-5-2-3-6-9/h4,7-9,11H,2-3,5-6,12H2,1H3/t11-/m0/s1. The Morgan fingerprint density at radius 2 is 2.15 bits per heavy atom. The Morgan fingerprint density at radius 1 is 1.46 bits per heavy atom. The molecule has 0 saturated heterocycles. The summed E-state index contributed by atoms with van der Waals surface area (Å²) in [6, 6.07) is 4.47. The molecule has 0 aromatic carbocycles. The summed E-state index contributed by atoms with van der Waals surface area (Å²) in [5.74, 6) is 0.716. The van der Waals surface area contributed by atoms with Gasteiger partial charge in [0, 0.05) is 25.0 Å². The van der Waals surface area contributed by atoms with Crippen LogP contribution in [0.3, 0.4) is 0 Å². The molecule has 2 rings (SSSR count). The second-order valence-corrected chi connectivity index (χ2v) is 4.11. The Morgan fingerprint density at radius 3 is 2.69 bits per heavy atom. The molecule has 1 aromatic rings. The van der Waals surface area contributed by atoms with Crippen LogP contribution in [0.2, 0.25) is 0 Å². The minimum Gasteiger partial charge on any atom is -0.353 e. The van der Waals surface area contributed by atoms with E-state index in [4.69, 9.17) is 5.73 Å². The van der Waals surface area contributed by atoms with Gasteiger partial charge in [-0.2, -0.15) is 0 Å². The van der Waals surface area contributed by atoms with Crippen LogP contribution in [0.4, 0.5) is 0 Å². The molecule has 0 aliphatic heterocycles. The second kappa shape index (κ2) is 3.54. The highest BCUT2D eigenvalue weighted by Crippen LogP contribution is 2.33. The molecule has 1 saturated carbocycles. The Bertz CT molecular complexity index is 271. The Kier molecular flexibility index (Phi) is 2.40. The molecular formula is C11H18N2. The van der Waals surface area contributed by atoms with Crippen molar-refractivity contribution in [2.24, 2.45) is 18.7 Å². The van der Waals surface area contributed by atoms with E-state index >= 15 is 0 Å². The van der Waals surface area contributed by atoms with E-state index < -0.39 is 0 Å². The molecule has 0 spiro atoms. The van der Waals surface area contributed by atoms with Gasteiger partial charge in [0.2, 0.25) is 0 Å². The lowest BCUT2D eigenvalue weighted by atomic mass is 9.96. The first-order valence-corrected chi connectivity index (χ1v) is 5.16. The molecule has 1 atom stereocenters. The van der Waals surface area contributed by atoms with Crippen LogP contribution in [0.5, 0.6) is 0 Å². The summed E-state index contributed by atoms with van der Waals surface area (Å²) in [5.41, 5.74) is 7.51. The number of rotatable bonds is 2. The fourth-order valence-corrected chi connectivity index (χ4v) is 2.38. The fourth-order valence-electron chi connectivity index (χ4n) is 2.38. The molecule has 13 heavy (non-hydrogen) atoms. The third-order valence-corrected chi connectivity index (χ3v) is 3.23. The van der Waals surface area contributed by atoms with E-state index in [1.807, 2.05) is 0 Å². The van der Waals surface area contributed by atoms with E-state index in [2.05, 4.69) is 29.9 Å². The summed E-state index contributed by atoms with van der Waals surface area (Å²) >= 11 is 0. The monoisotopic (exact) mass is 178 g/mol. The minimum absolute atomic E-state index is 0.252. The summed E-state index contributed by atoms with van der Waals surface area (Å²) in [6.07, 6.45) is 7.43. The Labute approximate surface area is 79.7 Å². The van der Waals surface area contributed by atoms with Crippen molar-refractivity contribution < 1.29 is 0 Å². The van der Waals surface area contributed by atoms with Crippen molar-refractivity contribution >= 4 is 0 Å². The predicted molar refractivity (Wildman–Crippen MR) is 54.3 cm³/mol. The molecule has 2 N–H and O–H groups in total. The number of nitrogens with zero attached hydrogens (tertiary/aromatic N) is 1. The molecule has 1 aliphatic rings. The van der Waals surface area contributed by atoms with Crippen molar-refractivity contribution in [2.75, 3.05) is 0 Å². The lowest BCUT2D eigenvalue weighted by Crippen LogP contribution is -2.21. The van der Waals surface area contributed by atoms with Crippen LogP contribution in [0, 0.1) is 5.92 Å². The van der Waals surface area contributed by atoms with Crippen LogP contribution in [-0.4, -0.2) is 4.57 Å². The SMILES string of the molecule is Cn1cccc1[C@@H](N)C1CCCC1. The maximum atomic E-state index is 6.22. The van der Waals surface area contributed by atoms with Crippen molar-refractivity contribution in [1.82, 2.24) is 4.57 Å². The molecule has 72 valence electrons. The molecule has 1 aromatic heterocycles. The molecule has 1 aliphatic carbocycles. The second-order valence-electron chi connectivity index (χ2n) is 4.11. The highest BCUT2D eigenvalue weighted by molar-refractivity contribution is 5.12. The third-order valence-electron chi connectivity index (χ3n) is 3.23. The lowest BCUT2D eigenvalue weighted by Gasteiger charge is -2.19. The normalized spacial score (nSPS) is 20.8. The zero-order valence-corrected chi connectivity index (χ0v) is 8.24. The van der Waals surface area contributed by atoms with Gasteiger partial charge < -0.3 is 10.3 Å². The van der Waals surface area contributed by atoms with Gasteiger partial charge >= 0.3 is 0 Å². The summed E-state index contributed by atoms with van der Waals surface area (Å²) in [6.45, 7) is 0. The van der Waals surface area contributed by atoms with Gasteiger partial charge in [-0.3, -0.25) is 0 Å². The van der Waals surface area contributed by atoms with Crippen LogP contribution in [0.15, 0.2) is 18.3 Å². The quantitative estimate of drug-likeness (QED) is 0.739. The largest absolute Gasteiger partial charge is 0.353 e. The van der Waals surface area contributed by atoms with Gasteiger partial charge in [-0.25, -0.2) is 0 Å². The van der Waals surface area contributed by atoms with Gasteiger partial charge in [0.25, 0.3) is 0 Å². The number of nitrogens with two attached hydrogens (primary N) is 1. The molecule has 0 radical (unpaired) electrons. The molecule has 0 amide bonds. The van der Waals surface area contributed by atoms with Gasteiger partial charge in [0.1, 0.15) is 0 Å². The van der Waals surface area contributed by atoms with Crippen molar-refractivity contribution in [1.29, 1.82) is 0 Å². The van der Waals surface area contributed by atoms with E-state index in [9.17, 15) is 0 Å². The summed E-state index contributed by atoms with van der Waals surface area (Å²) < 4.78 is 2.14. The average Bonchev–Trinajstić information content (AvgIpc) is 2.72. The van der Waals surface area contributed by atoms with Gasteiger partial charge in [-0.1, -0.05) is 12.8 Å². The average molecular weight is 178 g/mol. The van der Waals surface area contributed by atoms with Crippen molar-refractivity contribution in [2.45, 2.75) is 31.7 Å². The maximum absolute atomic E-state index is 6.22. The van der Waals surface area contributed by atoms with Crippen molar-refractivity contribution in [3.8, 4) is 0 Å². The Hall–Kier alpha value is -0.760. The van der Waals surface area contributed by atoms with E-state index in [0.717, 1.165) is 0 Å². The molecule has 0 bridgehead atoms. The number of aromatic nitrogens is 1. The van der Waals surface area contributed by atoms with Crippen LogP contribution in [0.25, 0.3) is 0 Å². The Balaban J connectivity index is 2.12.